The molecule has 4 nitrogen and oxygen atoms in total. The Hall–Kier alpha value is -2.82. The van der Waals surface area contributed by atoms with Crippen molar-refractivity contribution in [2.75, 3.05) is 12.4 Å². The molecule has 21 heavy (non-hydrogen) atoms. The molecule has 0 radical (unpaired) electrons. The summed E-state index contributed by atoms with van der Waals surface area (Å²) in [7, 11) is 1.44. The second-order valence-electron chi connectivity index (χ2n) is 4.63. The number of aromatic hydroxyl groups is 1. The fraction of sp³-hybridized carbons (Fsp3) is 0.0625. The summed E-state index contributed by atoms with van der Waals surface area (Å²) < 4.78 is 18.4. The summed E-state index contributed by atoms with van der Waals surface area (Å²) in [6.45, 7) is 0. The van der Waals surface area contributed by atoms with Gasteiger partial charge >= 0.3 is 0 Å². The van der Waals surface area contributed by atoms with Gasteiger partial charge in [0, 0.05) is 16.8 Å². The van der Waals surface area contributed by atoms with Crippen molar-refractivity contribution in [3.63, 3.8) is 0 Å². The third-order valence-corrected chi connectivity index (χ3v) is 3.28. The highest BCUT2D eigenvalue weighted by molar-refractivity contribution is 6.34. The van der Waals surface area contributed by atoms with Crippen molar-refractivity contribution in [2.24, 2.45) is 0 Å². The van der Waals surface area contributed by atoms with Crippen molar-refractivity contribution in [1.82, 2.24) is 0 Å². The number of fused-ring (bicyclic) bond motifs is 1. The van der Waals surface area contributed by atoms with E-state index in [2.05, 4.69) is 5.32 Å². The number of hydrogen-bond acceptors (Lipinski definition) is 3. The first kappa shape index (κ1) is 13.2. The average molecular weight is 285 g/mol. The fourth-order valence-corrected chi connectivity index (χ4v) is 2.25. The van der Waals surface area contributed by atoms with Gasteiger partial charge in [0.25, 0.3) is 5.91 Å². The molecule has 1 amide bonds. The third kappa shape index (κ3) is 2.33. The fourth-order valence-electron chi connectivity index (χ4n) is 2.25. The number of hydrogen-bond donors (Lipinski definition) is 2. The quantitative estimate of drug-likeness (QED) is 0.834. The summed E-state index contributed by atoms with van der Waals surface area (Å²) >= 11 is 0. The molecule has 1 aliphatic heterocycles. The number of nitrogens with one attached hydrogen (secondary N) is 1. The van der Waals surface area contributed by atoms with Gasteiger partial charge in [0.1, 0.15) is 5.82 Å². The zero-order valence-electron chi connectivity index (χ0n) is 11.2. The van der Waals surface area contributed by atoms with E-state index in [0.29, 0.717) is 28.1 Å². The predicted molar refractivity (Wildman–Crippen MR) is 77.6 cm³/mol. The molecule has 0 aliphatic carbocycles. The maximum atomic E-state index is 13.4. The molecule has 2 aromatic carbocycles. The molecule has 1 aliphatic rings. The van der Waals surface area contributed by atoms with Gasteiger partial charge in [-0.2, -0.15) is 0 Å². The first-order chi connectivity index (χ1) is 10.1. The molecule has 0 fully saturated rings. The number of phenolic OH excluding ortho intramolecular Hbond substituents is 1. The van der Waals surface area contributed by atoms with Crippen LogP contribution in [0.25, 0.3) is 11.6 Å². The summed E-state index contributed by atoms with van der Waals surface area (Å²) in [6, 6.07) is 8.87. The molecule has 0 aromatic heterocycles. The van der Waals surface area contributed by atoms with Crippen LogP contribution in [0.15, 0.2) is 36.4 Å². The number of halogens is 1. The molecule has 0 bridgehead atoms. The Morgan fingerprint density at radius 3 is 2.81 bits per heavy atom. The normalized spacial score (nSPS) is 15.0. The van der Waals surface area contributed by atoms with Crippen molar-refractivity contribution in [3.05, 3.63) is 53.3 Å². The van der Waals surface area contributed by atoms with Gasteiger partial charge in [-0.25, -0.2) is 4.39 Å². The summed E-state index contributed by atoms with van der Waals surface area (Å²) in [5, 5.41) is 12.2. The Kier molecular flexibility index (Phi) is 3.10. The van der Waals surface area contributed by atoms with Gasteiger partial charge in [-0.3, -0.25) is 4.79 Å². The zero-order chi connectivity index (χ0) is 15.0. The van der Waals surface area contributed by atoms with Crippen molar-refractivity contribution in [2.45, 2.75) is 0 Å². The maximum Gasteiger partial charge on any atom is 0.256 e. The number of phenols is 1. The van der Waals surface area contributed by atoms with Crippen LogP contribution in [0.5, 0.6) is 11.5 Å². The van der Waals surface area contributed by atoms with E-state index < -0.39 is 5.82 Å². The molecule has 0 saturated heterocycles. The number of benzene rings is 2. The van der Waals surface area contributed by atoms with Crippen LogP contribution in [0.4, 0.5) is 10.1 Å². The summed E-state index contributed by atoms with van der Waals surface area (Å²) in [5.41, 5.74) is 2.15. The number of carbonyl (C=O) groups excluding carboxylic acids is 1. The van der Waals surface area contributed by atoms with Crippen LogP contribution in [0.2, 0.25) is 0 Å². The smallest absolute Gasteiger partial charge is 0.256 e. The molecule has 0 spiro atoms. The van der Waals surface area contributed by atoms with E-state index in [9.17, 15) is 14.3 Å². The highest BCUT2D eigenvalue weighted by atomic mass is 19.1. The minimum Gasteiger partial charge on any atom is -0.504 e. The molecule has 5 heteroatoms. The summed E-state index contributed by atoms with van der Waals surface area (Å²) in [4.78, 5) is 12.0. The van der Waals surface area contributed by atoms with Crippen LogP contribution >= 0.6 is 0 Å². The van der Waals surface area contributed by atoms with E-state index in [-0.39, 0.29) is 11.7 Å². The number of amides is 1. The van der Waals surface area contributed by atoms with Crippen molar-refractivity contribution >= 4 is 23.2 Å². The molecule has 106 valence electrons. The summed E-state index contributed by atoms with van der Waals surface area (Å²) in [6.07, 6.45) is 1.63. The Balaban J connectivity index is 2.08. The number of ether oxygens (including phenoxy) is 1. The molecule has 0 saturated carbocycles. The SMILES string of the molecule is COc1cc(/C=C2\C(=O)Nc3ccc(F)cc32)ccc1O. The number of methoxy groups -OCH3 is 1. The van der Waals surface area contributed by atoms with E-state index in [1.165, 1.54) is 31.4 Å². The number of rotatable bonds is 2. The van der Waals surface area contributed by atoms with Crippen molar-refractivity contribution < 1.29 is 19.0 Å². The molecule has 3 rings (SSSR count). The summed E-state index contributed by atoms with van der Waals surface area (Å²) in [5.74, 6) is -0.369. The lowest BCUT2D eigenvalue weighted by molar-refractivity contribution is -0.110. The minimum atomic E-state index is -0.403. The van der Waals surface area contributed by atoms with E-state index in [1.54, 1.807) is 18.2 Å². The van der Waals surface area contributed by atoms with Crippen LogP contribution in [0.1, 0.15) is 11.1 Å². The van der Waals surface area contributed by atoms with E-state index in [4.69, 9.17) is 4.74 Å². The second kappa shape index (κ2) is 4.94. The Bertz CT molecular complexity index is 768. The van der Waals surface area contributed by atoms with Gasteiger partial charge in [0.05, 0.1) is 7.11 Å². The monoisotopic (exact) mass is 285 g/mol. The topological polar surface area (TPSA) is 58.6 Å². The predicted octanol–water partition coefficient (Wildman–Crippen LogP) is 3.03. The van der Waals surface area contributed by atoms with Gasteiger partial charge in [-0.1, -0.05) is 6.07 Å². The van der Waals surface area contributed by atoms with Crippen LogP contribution < -0.4 is 10.1 Å². The lowest BCUT2D eigenvalue weighted by atomic mass is 10.0. The van der Waals surface area contributed by atoms with E-state index >= 15 is 0 Å². The van der Waals surface area contributed by atoms with E-state index in [0.717, 1.165) is 0 Å². The average Bonchev–Trinajstić information content (AvgIpc) is 2.77. The molecule has 1 heterocycles. The highest BCUT2D eigenvalue weighted by Crippen LogP contribution is 2.34. The maximum absolute atomic E-state index is 13.4. The molecular weight excluding hydrogens is 273 g/mol. The highest BCUT2D eigenvalue weighted by Gasteiger charge is 2.24. The molecule has 2 N–H and O–H groups in total. The van der Waals surface area contributed by atoms with Crippen LogP contribution in [-0.4, -0.2) is 18.1 Å². The molecule has 0 atom stereocenters. The largest absolute Gasteiger partial charge is 0.504 e. The number of anilines is 1. The van der Waals surface area contributed by atoms with Gasteiger partial charge in [0.15, 0.2) is 11.5 Å². The van der Waals surface area contributed by atoms with Gasteiger partial charge in [-0.15, -0.1) is 0 Å². The number of carbonyl (C=O) groups is 1. The molecular formula is C16H12FNO3. The molecule has 2 aromatic rings. The van der Waals surface area contributed by atoms with Gasteiger partial charge < -0.3 is 15.2 Å². The van der Waals surface area contributed by atoms with Gasteiger partial charge in [-0.05, 0) is 42.0 Å². The second-order valence-corrected chi connectivity index (χ2v) is 4.63. The van der Waals surface area contributed by atoms with Gasteiger partial charge in [0.2, 0.25) is 0 Å². The van der Waals surface area contributed by atoms with Crippen LogP contribution in [-0.2, 0) is 4.79 Å². The first-order valence-corrected chi connectivity index (χ1v) is 6.28. The van der Waals surface area contributed by atoms with Crippen LogP contribution in [0, 0.1) is 5.82 Å². The van der Waals surface area contributed by atoms with Crippen LogP contribution in [0.3, 0.4) is 0 Å². The standard InChI is InChI=1S/C16H12FNO3/c1-21-15-7-9(2-5-14(15)19)6-12-11-8-10(17)3-4-13(11)18-16(12)20/h2-8,19H,1H3,(H,18,20)/b12-6-. The Morgan fingerprint density at radius 2 is 2.05 bits per heavy atom. The van der Waals surface area contributed by atoms with E-state index in [1.807, 2.05) is 0 Å². The Morgan fingerprint density at radius 1 is 1.24 bits per heavy atom. The minimum absolute atomic E-state index is 0.0157. The zero-order valence-corrected chi connectivity index (χ0v) is 11.2. The van der Waals surface area contributed by atoms with Crippen molar-refractivity contribution in [3.8, 4) is 11.5 Å². The lowest BCUT2D eigenvalue weighted by Gasteiger charge is -2.04. The van der Waals surface area contributed by atoms with Crippen molar-refractivity contribution in [1.29, 1.82) is 0 Å². The Labute approximate surface area is 120 Å². The first-order valence-electron chi connectivity index (χ1n) is 6.28. The third-order valence-electron chi connectivity index (χ3n) is 3.28. The lowest BCUT2D eigenvalue weighted by Crippen LogP contribution is -2.03. The molecule has 0 unspecified atom stereocenters.